The first-order chi connectivity index (χ1) is 12.6. The summed E-state index contributed by atoms with van der Waals surface area (Å²) in [6.07, 6.45) is 0.404. The van der Waals surface area contributed by atoms with E-state index in [0.717, 1.165) is 0 Å². The maximum atomic E-state index is 13.7. The Labute approximate surface area is 154 Å². The lowest BCUT2D eigenvalue weighted by Crippen LogP contribution is -2.30. The van der Waals surface area contributed by atoms with Crippen LogP contribution in [-0.4, -0.2) is 19.4 Å². The molecule has 8 heteroatoms. The summed E-state index contributed by atoms with van der Waals surface area (Å²) in [7, 11) is 0. The van der Waals surface area contributed by atoms with E-state index in [9.17, 15) is 9.18 Å². The average molecular weight is 376 g/mol. The SMILES string of the molecule is N#Cc1ccc(NC(=O)NCCc2cc(F)cc3c2OCOC3)cc1Cl. The molecule has 0 unspecified atom stereocenters. The number of ether oxygens (including phenoxy) is 2. The van der Waals surface area contributed by atoms with Crippen LogP contribution < -0.4 is 15.4 Å². The van der Waals surface area contributed by atoms with Gasteiger partial charge in [0, 0.05) is 17.8 Å². The van der Waals surface area contributed by atoms with Crippen LogP contribution in [0, 0.1) is 17.1 Å². The van der Waals surface area contributed by atoms with Crippen molar-refractivity contribution in [2.24, 2.45) is 0 Å². The summed E-state index contributed by atoms with van der Waals surface area (Å²) in [6.45, 7) is 0.711. The molecule has 0 saturated carbocycles. The molecule has 2 aromatic rings. The number of carbonyl (C=O) groups is 1. The van der Waals surface area contributed by atoms with Gasteiger partial charge in [-0.25, -0.2) is 9.18 Å². The standard InChI is InChI=1S/C18H15ClFN3O3/c19-16-7-15(2-1-12(16)8-21)23-18(24)22-4-3-11-5-14(20)6-13-9-25-10-26-17(11)13/h1-2,5-7H,3-4,9-10H2,(H2,22,23,24). The molecule has 0 radical (unpaired) electrons. The van der Waals surface area contributed by atoms with Gasteiger partial charge in [-0.15, -0.1) is 0 Å². The zero-order valence-corrected chi connectivity index (χ0v) is 14.4. The molecule has 2 aromatic carbocycles. The summed E-state index contributed by atoms with van der Waals surface area (Å²) in [5, 5.41) is 14.4. The Hall–Kier alpha value is -2.82. The van der Waals surface area contributed by atoms with Crippen molar-refractivity contribution >= 4 is 23.3 Å². The van der Waals surface area contributed by atoms with E-state index in [4.69, 9.17) is 26.3 Å². The van der Waals surface area contributed by atoms with Gasteiger partial charge in [-0.1, -0.05) is 11.6 Å². The molecule has 26 heavy (non-hydrogen) atoms. The number of amides is 2. The van der Waals surface area contributed by atoms with Crippen molar-refractivity contribution in [2.75, 3.05) is 18.7 Å². The first-order valence-electron chi connectivity index (χ1n) is 7.83. The van der Waals surface area contributed by atoms with Crippen LogP contribution in [0.25, 0.3) is 0 Å². The Morgan fingerprint density at radius 1 is 1.35 bits per heavy atom. The fraction of sp³-hybridized carbons (Fsp3) is 0.222. The second-order valence-corrected chi connectivity index (χ2v) is 6.01. The maximum absolute atomic E-state index is 13.7. The van der Waals surface area contributed by atoms with Gasteiger partial charge >= 0.3 is 6.03 Å². The minimum atomic E-state index is -0.430. The second kappa shape index (κ2) is 8.04. The van der Waals surface area contributed by atoms with E-state index < -0.39 is 6.03 Å². The molecule has 0 bridgehead atoms. The summed E-state index contributed by atoms with van der Waals surface area (Å²) in [5.74, 6) is 0.239. The molecular weight excluding hydrogens is 361 g/mol. The average Bonchev–Trinajstić information content (AvgIpc) is 2.61. The third kappa shape index (κ3) is 4.23. The van der Waals surface area contributed by atoms with Gasteiger partial charge in [0.1, 0.15) is 17.6 Å². The molecule has 1 aliphatic rings. The predicted molar refractivity (Wildman–Crippen MR) is 93.6 cm³/mol. The lowest BCUT2D eigenvalue weighted by atomic mass is 10.1. The highest BCUT2D eigenvalue weighted by atomic mass is 35.5. The van der Waals surface area contributed by atoms with Crippen molar-refractivity contribution in [3.05, 3.63) is 57.9 Å². The fourth-order valence-corrected chi connectivity index (χ4v) is 2.83. The van der Waals surface area contributed by atoms with Gasteiger partial charge in [0.2, 0.25) is 0 Å². The lowest BCUT2D eigenvalue weighted by Gasteiger charge is -2.21. The van der Waals surface area contributed by atoms with Crippen LogP contribution in [0.15, 0.2) is 30.3 Å². The van der Waals surface area contributed by atoms with E-state index in [1.165, 1.54) is 24.3 Å². The monoisotopic (exact) mass is 375 g/mol. The van der Waals surface area contributed by atoms with Gasteiger partial charge in [-0.2, -0.15) is 5.26 Å². The Morgan fingerprint density at radius 3 is 2.96 bits per heavy atom. The summed E-state index contributed by atoms with van der Waals surface area (Å²) >= 11 is 5.93. The van der Waals surface area contributed by atoms with Crippen molar-refractivity contribution in [3.8, 4) is 11.8 Å². The number of halogens is 2. The van der Waals surface area contributed by atoms with Gasteiger partial charge in [-0.05, 0) is 42.3 Å². The first-order valence-corrected chi connectivity index (χ1v) is 8.21. The first kappa shape index (κ1) is 18.0. The number of nitriles is 1. The van der Waals surface area contributed by atoms with Crippen molar-refractivity contribution < 1.29 is 18.7 Å². The number of benzene rings is 2. The molecular formula is C18H15ClFN3O3. The van der Waals surface area contributed by atoms with E-state index in [1.807, 2.05) is 6.07 Å². The van der Waals surface area contributed by atoms with Crippen LogP contribution in [0.5, 0.6) is 5.75 Å². The highest BCUT2D eigenvalue weighted by Gasteiger charge is 2.17. The van der Waals surface area contributed by atoms with Crippen molar-refractivity contribution in [1.29, 1.82) is 5.26 Å². The number of hydrogen-bond acceptors (Lipinski definition) is 4. The minimum Gasteiger partial charge on any atom is -0.467 e. The van der Waals surface area contributed by atoms with Crippen LogP contribution in [0.2, 0.25) is 5.02 Å². The van der Waals surface area contributed by atoms with Crippen LogP contribution in [0.1, 0.15) is 16.7 Å². The third-order valence-electron chi connectivity index (χ3n) is 3.78. The van der Waals surface area contributed by atoms with Crippen LogP contribution in [0.3, 0.4) is 0 Å². The molecule has 0 fully saturated rings. The van der Waals surface area contributed by atoms with Crippen LogP contribution in [-0.2, 0) is 17.8 Å². The number of fused-ring (bicyclic) bond motifs is 1. The number of carbonyl (C=O) groups excluding carboxylic acids is 1. The molecule has 134 valence electrons. The molecule has 0 atom stereocenters. The third-order valence-corrected chi connectivity index (χ3v) is 4.09. The van der Waals surface area contributed by atoms with Crippen molar-refractivity contribution in [2.45, 2.75) is 13.0 Å². The Kier molecular flexibility index (Phi) is 5.56. The summed E-state index contributed by atoms with van der Waals surface area (Å²) in [6, 6.07) is 8.90. The number of urea groups is 1. The maximum Gasteiger partial charge on any atom is 0.319 e. The summed E-state index contributed by atoms with van der Waals surface area (Å²) in [5.41, 5.74) is 2.13. The van der Waals surface area contributed by atoms with E-state index in [2.05, 4.69) is 10.6 Å². The lowest BCUT2D eigenvalue weighted by molar-refractivity contribution is -0.0172. The Bertz CT molecular complexity index is 883. The zero-order valence-electron chi connectivity index (χ0n) is 13.6. The van der Waals surface area contributed by atoms with E-state index in [1.54, 1.807) is 6.07 Å². The normalized spacial score (nSPS) is 12.5. The highest BCUT2D eigenvalue weighted by molar-refractivity contribution is 6.32. The Morgan fingerprint density at radius 2 is 2.19 bits per heavy atom. The van der Waals surface area contributed by atoms with E-state index in [-0.39, 0.29) is 24.2 Å². The second-order valence-electron chi connectivity index (χ2n) is 5.60. The molecule has 6 nitrogen and oxygen atoms in total. The van der Waals surface area contributed by atoms with Crippen LogP contribution >= 0.6 is 11.6 Å². The zero-order chi connectivity index (χ0) is 18.5. The molecule has 1 aliphatic heterocycles. The van der Waals surface area contributed by atoms with Crippen LogP contribution in [0.4, 0.5) is 14.9 Å². The highest BCUT2D eigenvalue weighted by Crippen LogP contribution is 2.29. The van der Waals surface area contributed by atoms with E-state index >= 15 is 0 Å². The van der Waals surface area contributed by atoms with Gasteiger partial charge in [0.05, 0.1) is 17.2 Å². The Balaban J connectivity index is 1.57. The molecule has 1 heterocycles. The molecule has 0 aromatic heterocycles. The van der Waals surface area contributed by atoms with Crippen molar-refractivity contribution in [1.82, 2.24) is 5.32 Å². The summed E-state index contributed by atoms with van der Waals surface area (Å²) in [4.78, 5) is 12.0. The van der Waals surface area contributed by atoms with E-state index in [0.29, 0.717) is 41.2 Å². The van der Waals surface area contributed by atoms with Crippen molar-refractivity contribution in [3.63, 3.8) is 0 Å². The number of rotatable bonds is 4. The number of nitrogens with zero attached hydrogens (tertiary/aromatic N) is 1. The fourth-order valence-electron chi connectivity index (χ4n) is 2.61. The van der Waals surface area contributed by atoms with Gasteiger partial charge < -0.3 is 20.1 Å². The summed E-state index contributed by atoms with van der Waals surface area (Å²) < 4.78 is 24.3. The van der Waals surface area contributed by atoms with Gasteiger partial charge in [-0.3, -0.25) is 0 Å². The largest absolute Gasteiger partial charge is 0.467 e. The predicted octanol–water partition coefficient (Wildman–Crippen LogP) is 3.58. The molecule has 2 N–H and O–H groups in total. The van der Waals surface area contributed by atoms with Gasteiger partial charge in [0.25, 0.3) is 0 Å². The quantitative estimate of drug-likeness (QED) is 0.855. The molecule has 2 amide bonds. The molecule has 0 aliphatic carbocycles. The van der Waals surface area contributed by atoms with Gasteiger partial charge in [0.15, 0.2) is 6.79 Å². The number of hydrogen-bond donors (Lipinski definition) is 2. The number of anilines is 1. The smallest absolute Gasteiger partial charge is 0.319 e. The minimum absolute atomic E-state index is 0.124. The molecule has 3 rings (SSSR count). The molecule has 0 saturated heterocycles. The number of nitrogens with one attached hydrogen (secondary N) is 2. The topological polar surface area (TPSA) is 83.4 Å². The molecule has 0 spiro atoms.